The molecule has 0 amide bonds. The highest BCUT2D eigenvalue weighted by atomic mass is 32.1. The lowest BCUT2D eigenvalue weighted by Gasteiger charge is -2.29. The van der Waals surface area contributed by atoms with Gasteiger partial charge in [0.05, 0.1) is 6.10 Å². The topological polar surface area (TPSA) is 21.3 Å². The van der Waals surface area contributed by atoms with E-state index in [9.17, 15) is 0 Å². The van der Waals surface area contributed by atoms with Crippen LogP contribution in [0, 0.1) is 5.41 Å². The zero-order chi connectivity index (χ0) is 11.3. The molecule has 0 saturated heterocycles. The predicted molar refractivity (Wildman–Crippen MR) is 66.3 cm³/mol. The van der Waals surface area contributed by atoms with Crippen molar-refractivity contribution in [2.45, 2.75) is 33.4 Å². The normalized spacial score (nSPS) is 14.1. The van der Waals surface area contributed by atoms with Gasteiger partial charge in [-0.1, -0.05) is 26.8 Å². The first-order chi connectivity index (χ1) is 7.04. The first-order valence-electron chi connectivity index (χ1n) is 5.30. The van der Waals surface area contributed by atoms with Crippen molar-refractivity contribution < 1.29 is 4.74 Å². The van der Waals surface area contributed by atoms with Crippen molar-refractivity contribution >= 4 is 11.3 Å². The minimum atomic E-state index is 0.192. The summed E-state index contributed by atoms with van der Waals surface area (Å²) in [6.45, 7) is 8.45. The van der Waals surface area contributed by atoms with Crippen molar-refractivity contribution in [3.8, 4) is 0 Å². The lowest BCUT2D eigenvalue weighted by Crippen LogP contribution is -2.37. The summed E-state index contributed by atoms with van der Waals surface area (Å²) in [5.41, 5.74) is 0.192. The van der Waals surface area contributed by atoms with Crippen LogP contribution in [0.2, 0.25) is 0 Å². The summed E-state index contributed by atoms with van der Waals surface area (Å²) in [4.78, 5) is 1.37. The Kier molecular flexibility index (Phi) is 4.77. The van der Waals surface area contributed by atoms with Crippen LogP contribution in [0.5, 0.6) is 0 Å². The van der Waals surface area contributed by atoms with Crippen molar-refractivity contribution in [1.82, 2.24) is 5.32 Å². The third-order valence-corrected chi connectivity index (χ3v) is 3.34. The van der Waals surface area contributed by atoms with Gasteiger partial charge in [-0.15, -0.1) is 11.3 Å². The maximum Gasteiger partial charge on any atom is 0.0743 e. The van der Waals surface area contributed by atoms with E-state index in [2.05, 4.69) is 43.6 Å². The number of methoxy groups -OCH3 is 1. The molecule has 15 heavy (non-hydrogen) atoms. The van der Waals surface area contributed by atoms with E-state index in [-0.39, 0.29) is 11.5 Å². The van der Waals surface area contributed by atoms with Crippen molar-refractivity contribution in [3.05, 3.63) is 22.4 Å². The average Bonchev–Trinajstić information content (AvgIpc) is 2.62. The molecular formula is C12H21NOS. The molecule has 86 valence electrons. The Morgan fingerprint density at radius 2 is 2.20 bits per heavy atom. The molecule has 0 fully saturated rings. The lowest BCUT2D eigenvalue weighted by atomic mass is 9.89. The van der Waals surface area contributed by atoms with Gasteiger partial charge in [-0.25, -0.2) is 0 Å². The van der Waals surface area contributed by atoms with E-state index >= 15 is 0 Å². The van der Waals surface area contributed by atoms with Crippen molar-refractivity contribution in [2.24, 2.45) is 5.41 Å². The third-order valence-electron chi connectivity index (χ3n) is 2.46. The SMILES string of the molecule is COC(CNCc1cccs1)C(C)(C)C. The summed E-state index contributed by atoms with van der Waals surface area (Å²) >= 11 is 1.79. The second kappa shape index (κ2) is 5.64. The number of nitrogens with one attached hydrogen (secondary N) is 1. The highest BCUT2D eigenvalue weighted by molar-refractivity contribution is 7.09. The molecule has 1 unspecified atom stereocenters. The predicted octanol–water partition coefficient (Wildman–Crippen LogP) is 2.90. The van der Waals surface area contributed by atoms with Crippen LogP contribution in [0.1, 0.15) is 25.6 Å². The molecule has 0 aromatic carbocycles. The molecule has 1 aromatic heterocycles. The van der Waals surface area contributed by atoms with Gasteiger partial charge in [-0.3, -0.25) is 0 Å². The Morgan fingerprint density at radius 3 is 2.67 bits per heavy atom. The average molecular weight is 227 g/mol. The van der Waals surface area contributed by atoms with Gasteiger partial charge in [-0.05, 0) is 16.9 Å². The second-order valence-corrected chi connectivity index (χ2v) is 5.83. The molecule has 0 aliphatic rings. The fraction of sp³-hybridized carbons (Fsp3) is 0.667. The van der Waals surface area contributed by atoms with Crippen molar-refractivity contribution in [1.29, 1.82) is 0 Å². The molecule has 1 aromatic rings. The van der Waals surface area contributed by atoms with E-state index in [1.165, 1.54) is 4.88 Å². The highest BCUT2D eigenvalue weighted by Gasteiger charge is 2.23. The summed E-state index contributed by atoms with van der Waals surface area (Å²) in [6.07, 6.45) is 0.262. The quantitative estimate of drug-likeness (QED) is 0.835. The van der Waals surface area contributed by atoms with Crippen LogP contribution in [-0.4, -0.2) is 19.8 Å². The summed E-state index contributed by atoms with van der Waals surface area (Å²) in [6, 6.07) is 4.23. The van der Waals surface area contributed by atoms with E-state index in [1.807, 2.05) is 0 Å². The largest absolute Gasteiger partial charge is 0.380 e. The van der Waals surface area contributed by atoms with Gasteiger partial charge in [0.25, 0.3) is 0 Å². The fourth-order valence-electron chi connectivity index (χ4n) is 1.48. The van der Waals surface area contributed by atoms with Gasteiger partial charge in [0.15, 0.2) is 0 Å². The number of hydrogen-bond donors (Lipinski definition) is 1. The number of hydrogen-bond acceptors (Lipinski definition) is 3. The van der Waals surface area contributed by atoms with Crippen LogP contribution in [0.4, 0.5) is 0 Å². The van der Waals surface area contributed by atoms with Crippen LogP contribution in [0.3, 0.4) is 0 Å². The van der Waals surface area contributed by atoms with Gasteiger partial charge in [0, 0.05) is 25.1 Å². The number of thiophene rings is 1. The van der Waals surface area contributed by atoms with Gasteiger partial charge in [-0.2, -0.15) is 0 Å². The molecule has 0 aliphatic heterocycles. The Morgan fingerprint density at radius 1 is 1.47 bits per heavy atom. The van der Waals surface area contributed by atoms with Gasteiger partial charge in [0.1, 0.15) is 0 Å². The summed E-state index contributed by atoms with van der Waals surface area (Å²) in [5, 5.41) is 5.54. The Balaban J connectivity index is 2.29. The molecule has 3 heteroatoms. The highest BCUT2D eigenvalue weighted by Crippen LogP contribution is 2.21. The summed E-state index contributed by atoms with van der Waals surface area (Å²) in [7, 11) is 1.78. The molecule has 2 nitrogen and oxygen atoms in total. The zero-order valence-corrected chi connectivity index (χ0v) is 10.9. The molecule has 1 rings (SSSR count). The molecule has 0 saturated carbocycles. The Labute approximate surface area is 96.7 Å². The van der Waals surface area contributed by atoms with Crippen LogP contribution in [0.25, 0.3) is 0 Å². The van der Waals surface area contributed by atoms with Gasteiger partial charge >= 0.3 is 0 Å². The van der Waals surface area contributed by atoms with Crippen LogP contribution >= 0.6 is 11.3 Å². The van der Waals surface area contributed by atoms with E-state index in [4.69, 9.17) is 4.74 Å². The van der Waals surface area contributed by atoms with Crippen molar-refractivity contribution in [3.63, 3.8) is 0 Å². The Hall–Kier alpha value is -0.380. The molecule has 1 N–H and O–H groups in total. The first kappa shape index (κ1) is 12.7. The first-order valence-corrected chi connectivity index (χ1v) is 6.18. The van der Waals surface area contributed by atoms with Crippen LogP contribution < -0.4 is 5.32 Å². The maximum atomic E-state index is 5.48. The summed E-state index contributed by atoms with van der Waals surface area (Å²) < 4.78 is 5.48. The van der Waals surface area contributed by atoms with Crippen molar-refractivity contribution in [2.75, 3.05) is 13.7 Å². The Bertz CT molecular complexity index is 264. The third kappa shape index (κ3) is 4.33. The smallest absolute Gasteiger partial charge is 0.0743 e. The summed E-state index contributed by atoms with van der Waals surface area (Å²) in [5.74, 6) is 0. The maximum absolute atomic E-state index is 5.48. The molecule has 0 radical (unpaired) electrons. The zero-order valence-electron chi connectivity index (χ0n) is 10.0. The second-order valence-electron chi connectivity index (χ2n) is 4.80. The van der Waals surface area contributed by atoms with E-state index in [0.29, 0.717) is 0 Å². The number of ether oxygens (including phenoxy) is 1. The minimum absolute atomic E-state index is 0.192. The standard InChI is InChI=1S/C12H21NOS/c1-12(2,3)11(14-4)9-13-8-10-6-5-7-15-10/h5-7,11,13H,8-9H2,1-4H3. The molecular weight excluding hydrogens is 206 g/mol. The van der Waals surface area contributed by atoms with E-state index in [0.717, 1.165) is 13.1 Å². The molecule has 0 spiro atoms. The molecule has 1 atom stereocenters. The van der Waals surface area contributed by atoms with Gasteiger partial charge < -0.3 is 10.1 Å². The fourth-order valence-corrected chi connectivity index (χ4v) is 2.16. The molecule has 0 bridgehead atoms. The lowest BCUT2D eigenvalue weighted by molar-refractivity contribution is 0.0174. The van der Waals surface area contributed by atoms with E-state index in [1.54, 1.807) is 18.4 Å². The van der Waals surface area contributed by atoms with E-state index < -0.39 is 0 Å². The van der Waals surface area contributed by atoms with Gasteiger partial charge in [0.2, 0.25) is 0 Å². The molecule has 1 heterocycles. The number of rotatable bonds is 5. The van der Waals surface area contributed by atoms with Crippen LogP contribution in [0.15, 0.2) is 17.5 Å². The monoisotopic (exact) mass is 227 g/mol. The van der Waals surface area contributed by atoms with Crippen LogP contribution in [-0.2, 0) is 11.3 Å². The molecule has 0 aliphatic carbocycles. The minimum Gasteiger partial charge on any atom is -0.380 e.